The number of carbonyl (C=O) groups excluding carboxylic acids is 1. The molecular weight excluding hydrogens is 196 g/mol. The minimum Gasteiger partial charge on any atom is -0.394 e. The van der Waals surface area contributed by atoms with Gasteiger partial charge < -0.3 is 20.5 Å². The number of methoxy groups -OCH3 is 1. The molecule has 0 radical (unpaired) electrons. The highest BCUT2D eigenvalue weighted by molar-refractivity contribution is 5.82. The van der Waals surface area contributed by atoms with Crippen molar-refractivity contribution in [1.29, 1.82) is 0 Å². The fourth-order valence-corrected chi connectivity index (χ4v) is 1.66. The van der Waals surface area contributed by atoms with Gasteiger partial charge in [-0.05, 0) is 12.8 Å². The standard InChI is InChI=1S/C10H20N2O3/c1-3-7(6-13)12-10(14)9-4-8(15-2)5-11-9/h7-9,11,13H,3-6H2,1-2H3,(H,12,14)/t7-,8?,9?/m1/s1. The van der Waals surface area contributed by atoms with Crippen LogP contribution in [0.4, 0.5) is 0 Å². The second-order valence-corrected chi connectivity index (χ2v) is 3.85. The van der Waals surface area contributed by atoms with Crippen molar-refractivity contribution >= 4 is 5.91 Å². The van der Waals surface area contributed by atoms with Gasteiger partial charge in [-0.3, -0.25) is 4.79 Å². The van der Waals surface area contributed by atoms with Gasteiger partial charge in [-0.1, -0.05) is 6.92 Å². The molecule has 1 aliphatic heterocycles. The van der Waals surface area contributed by atoms with E-state index in [9.17, 15) is 4.79 Å². The lowest BCUT2D eigenvalue weighted by atomic mass is 10.1. The summed E-state index contributed by atoms with van der Waals surface area (Å²) in [6.45, 7) is 2.63. The van der Waals surface area contributed by atoms with Crippen LogP contribution in [0.2, 0.25) is 0 Å². The Bertz CT molecular complexity index is 207. The van der Waals surface area contributed by atoms with E-state index in [1.807, 2.05) is 6.92 Å². The van der Waals surface area contributed by atoms with Crippen LogP contribution in [0.15, 0.2) is 0 Å². The number of rotatable bonds is 5. The molecule has 0 spiro atoms. The molecule has 0 aromatic carbocycles. The van der Waals surface area contributed by atoms with E-state index < -0.39 is 0 Å². The Labute approximate surface area is 90.2 Å². The Morgan fingerprint density at radius 1 is 1.73 bits per heavy atom. The molecule has 2 unspecified atom stereocenters. The average molecular weight is 216 g/mol. The fourth-order valence-electron chi connectivity index (χ4n) is 1.66. The summed E-state index contributed by atoms with van der Waals surface area (Å²) in [5.41, 5.74) is 0. The summed E-state index contributed by atoms with van der Waals surface area (Å²) in [5, 5.41) is 14.8. The first-order valence-corrected chi connectivity index (χ1v) is 5.38. The third-order valence-electron chi connectivity index (χ3n) is 2.80. The molecule has 1 saturated heterocycles. The van der Waals surface area contributed by atoms with Crippen molar-refractivity contribution < 1.29 is 14.6 Å². The largest absolute Gasteiger partial charge is 0.394 e. The van der Waals surface area contributed by atoms with Crippen LogP contribution in [0.1, 0.15) is 19.8 Å². The number of aliphatic hydroxyl groups excluding tert-OH is 1. The van der Waals surface area contributed by atoms with Crippen molar-refractivity contribution in [2.75, 3.05) is 20.3 Å². The van der Waals surface area contributed by atoms with E-state index in [0.29, 0.717) is 13.0 Å². The molecule has 1 amide bonds. The van der Waals surface area contributed by atoms with Gasteiger partial charge in [0, 0.05) is 13.7 Å². The van der Waals surface area contributed by atoms with Crippen LogP contribution in [0.5, 0.6) is 0 Å². The predicted molar refractivity (Wildman–Crippen MR) is 56.5 cm³/mol. The Morgan fingerprint density at radius 3 is 2.93 bits per heavy atom. The smallest absolute Gasteiger partial charge is 0.237 e. The predicted octanol–water partition coefficient (Wildman–Crippen LogP) is -0.750. The van der Waals surface area contributed by atoms with Crippen molar-refractivity contribution in [3.63, 3.8) is 0 Å². The Balaban J connectivity index is 2.34. The van der Waals surface area contributed by atoms with E-state index in [-0.39, 0.29) is 30.7 Å². The quantitative estimate of drug-likeness (QED) is 0.565. The monoisotopic (exact) mass is 216 g/mol. The van der Waals surface area contributed by atoms with E-state index in [4.69, 9.17) is 9.84 Å². The number of nitrogens with one attached hydrogen (secondary N) is 2. The lowest BCUT2D eigenvalue weighted by molar-refractivity contribution is -0.124. The van der Waals surface area contributed by atoms with Crippen molar-refractivity contribution in [2.45, 2.75) is 38.0 Å². The van der Waals surface area contributed by atoms with Crippen LogP contribution in [0.3, 0.4) is 0 Å². The Morgan fingerprint density at radius 2 is 2.47 bits per heavy atom. The van der Waals surface area contributed by atoms with Crippen LogP contribution in [-0.2, 0) is 9.53 Å². The number of hydrogen-bond donors (Lipinski definition) is 3. The topological polar surface area (TPSA) is 70.6 Å². The number of aliphatic hydroxyl groups is 1. The van der Waals surface area contributed by atoms with Crippen LogP contribution < -0.4 is 10.6 Å². The van der Waals surface area contributed by atoms with Gasteiger partial charge >= 0.3 is 0 Å². The SMILES string of the molecule is CC[C@H](CO)NC(=O)C1CC(OC)CN1. The van der Waals surface area contributed by atoms with Gasteiger partial charge in [-0.25, -0.2) is 0 Å². The Hall–Kier alpha value is -0.650. The van der Waals surface area contributed by atoms with Crippen molar-refractivity contribution in [3.8, 4) is 0 Å². The van der Waals surface area contributed by atoms with Crippen LogP contribution in [-0.4, -0.2) is 49.5 Å². The molecule has 5 nitrogen and oxygen atoms in total. The molecule has 1 aliphatic rings. The van der Waals surface area contributed by atoms with Crippen molar-refractivity contribution in [2.24, 2.45) is 0 Å². The summed E-state index contributed by atoms with van der Waals surface area (Å²) in [5.74, 6) is -0.0459. The molecule has 15 heavy (non-hydrogen) atoms. The number of ether oxygens (including phenoxy) is 1. The van der Waals surface area contributed by atoms with E-state index >= 15 is 0 Å². The van der Waals surface area contributed by atoms with Crippen molar-refractivity contribution in [1.82, 2.24) is 10.6 Å². The van der Waals surface area contributed by atoms with Gasteiger partial charge in [-0.15, -0.1) is 0 Å². The van der Waals surface area contributed by atoms with E-state index in [1.165, 1.54) is 0 Å². The first-order chi connectivity index (χ1) is 7.21. The second-order valence-electron chi connectivity index (χ2n) is 3.85. The normalized spacial score (nSPS) is 27.7. The lowest BCUT2D eigenvalue weighted by Crippen LogP contribution is -2.46. The summed E-state index contributed by atoms with van der Waals surface area (Å²) < 4.78 is 5.16. The first kappa shape index (κ1) is 12.4. The Kier molecular flexibility index (Phi) is 5.01. The summed E-state index contributed by atoms with van der Waals surface area (Å²) in [6.07, 6.45) is 1.56. The van der Waals surface area contributed by atoms with E-state index in [0.717, 1.165) is 6.42 Å². The molecule has 1 heterocycles. The highest BCUT2D eigenvalue weighted by Gasteiger charge is 2.29. The average Bonchev–Trinajstić information content (AvgIpc) is 2.74. The molecule has 3 N–H and O–H groups in total. The zero-order chi connectivity index (χ0) is 11.3. The van der Waals surface area contributed by atoms with Crippen LogP contribution >= 0.6 is 0 Å². The maximum absolute atomic E-state index is 11.7. The zero-order valence-corrected chi connectivity index (χ0v) is 9.32. The minimum absolute atomic E-state index is 0.0112. The van der Waals surface area contributed by atoms with E-state index in [2.05, 4.69) is 10.6 Å². The molecular formula is C10H20N2O3. The molecule has 5 heteroatoms. The summed E-state index contributed by atoms with van der Waals surface area (Å²) in [7, 11) is 1.65. The van der Waals surface area contributed by atoms with Crippen molar-refractivity contribution in [3.05, 3.63) is 0 Å². The summed E-state index contributed by atoms with van der Waals surface area (Å²) in [6, 6.07) is -0.323. The maximum atomic E-state index is 11.7. The fraction of sp³-hybridized carbons (Fsp3) is 0.900. The lowest BCUT2D eigenvalue weighted by Gasteiger charge is -2.17. The minimum atomic E-state index is -0.185. The molecule has 1 rings (SSSR count). The number of hydrogen-bond acceptors (Lipinski definition) is 4. The molecule has 0 saturated carbocycles. The van der Waals surface area contributed by atoms with Gasteiger partial charge in [0.2, 0.25) is 5.91 Å². The molecule has 1 fully saturated rings. The zero-order valence-electron chi connectivity index (χ0n) is 9.32. The second kappa shape index (κ2) is 6.05. The van der Waals surface area contributed by atoms with E-state index in [1.54, 1.807) is 7.11 Å². The third-order valence-corrected chi connectivity index (χ3v) is 2.80. The molecule has 0 aromatic heterocycles. The highest BCUT2D eigenvalue weighted by atomic mass is 16.5. The van der Waals surface area contributed by atoms with Gasteiger partial charge in [0.1, 0.15) is 0 Å². The van der Waals surface area contributed by atoms with Gasteiger partial charge in [0.25, 0.3) is 0 Å². The van der Waals surface area contributed by atoms with Gasteiger partial charge in [-0.2, -0.15) is 0 Å². The third kappa shape index (κ3) is 3.44. The first-order valence-electron chi connectivity index (χ1n) is 5.38. The molecule has 0 aliphatic carbocycles. The van der Waals surface area contributed by atoms with Crippen LogP contribution in [0.25, 0.3) is 0 Å². The van der Waals surface area contributed by atoms with Crippen LogP contribution in [0, 0.1) is 0 Å². The molecule has 0 bridgehead atoms. The van der Waals surface area contributed by atoms with Gasteiger partial charge in [0.05, 0.1) is 24.8 Å². The maximum Gasteiger partial charge on any atom is 0.237 e. The van der Waals surface area contributed by atoms with Gasteiger partial charge in [0.15, 0.2) is 0 Å². The summed E-state index contributed by atoms with van der Waals surface area (Å²) in [4.78, 5) is 11.7. The molecule has 88 valence electrons. The molecule has 3 atom stereocenters. The molecule has 0 aromatic rings. The number of amides is 1. The summed E-state index contributed by atoms with van der Waals surface area (Å²) >= 11 is 0. The highest BCUT2D eigenvalue weighted by Crippen LogP contribution is 2.09. The number of carbonyl (C=O) groups is 1.